The summed E-state index contributed by atoms with van der Waals surface area (Å²) in [5.74, 6) is -2.36. The number of alkyl halides is 3. The highest BCUT2D eigenvalue weighted by Gasteiger charge is 2.29. The lowest BCUT2D eigenvalue weighted by Gasteiger charge is -2.20. The van der Waals surface area contributed by atoms with Crippen molar-refractivity contribution >= 4 is 11.9 Å². The van der Waals surface area contributed by atoms with Gasteiger partial charge < -0.3 is 19.5 Å². The Morgan fingerprint density at radius 2 is 2.04 bits per heavy atom. The van der Waals surface area contributed by atoms with Gasteiger partial charge in [-0.25, -0.2) is 4.98 Å². The molecule has 0 aromatic carbocycles. The van der Waals surface area contributed by atoms with Gasteiger partial charge in [0.05, 0.1) is 6.61 Å². The average Bonchev–Trinajstić information content (AvgIpc) is 2.48. The van der Waals surface area contributed by atoms with Crippen molar-refractivity contribution in [2.24, 2.45) is 0 Å². The maximum absolute atomic E-state index is 12.2. The third-order valence-corrected chi connectivity index (χ3v) is 2.51. The molecule has 23 heavy (non-hydrogen) atoms. The molecule has 1 aromatic heterocycles. The van der Waals surface area contributed by atoms with E-state index in [0.717, 1.165) is 4.90 Å². The monoisotopic (exact) mass is 336 g/mol. The van der Waals surface area contributed by atoms with E-state index in [-0.39, 0.29) is 24.7 Å². The highest BCUT2D eigenvalue weighted by molar-refractivity contribution is 5.94. The molecule has 7 nitrogen and oxygen atoms in total. The van der Waals surface area contributed by atoms with Gasteiger partial charge in [0.15, 0.2) is 6.61 Å². The molecule has 1 N–H and O–H groups in total. The molecule has 0 atom stereocenters. The largest absolute Gasteiger partial charge is 0.480 e. The fourth-order valence-corrected chi connectivity index (χ4v) is 1.55. The number of rotatable bonds is 8. The molecule has 1 rings (SSSR count). The normalized spacial score (nSPS) is 11.1. The van der Waals surface area contributed by atoms with Crippen LogP contribution in [0.15, 0.2) is 18.2 Å². The van der Waals surface area contributed by atoms with Crippen LogP contribution in [-0.2, 0) is 9.53 Å². The molecule has 0 bridgehead atoms. The van der Waals surface area contributed by atoms with Crippen LogP contribution in [0.25, 0.3) is 0 Å². The summed E-state index contributed by atoms with van der Waals surface area (Å²) in [6.45, 7) is -2.03. The molecule has 128 valence electrons. The number of halogens is 3. The molecule has 0 aliphatic carbocycles. The summed E-state index contributed by atoms with van der Waals surface area (Å²) in [7, 11) is 1.38. The van der Waals surface area contributed by atoms with Gasteiger partial charge in [-0.15, -0.1) is 0 Å². The Kier molecular flexibility index (Phi) is 6.76. The molecule has 1 heterocycles. The minimum absolute atomic E-state index is 0.00303. The number of carboxylic acid groups (broad SMARTS) is 1. The van der Waals surface area contributed by atoms with Gasteiger partial charge in [-0.05, 0) is 6.07 Å². The van der Waals surface area contributed by atoms with Gasteiger partial charge in [0.25, 0.3) is 5.91 Å². The van der Waals surface area contributed by atoms with Crippen LogP contribution in [0.1, 0.15) is 10.5 Å². The van der Waals surface area contributed by atoms with E-state index in [4.69, 9.17) is 9.84 Å². The summed E-state index contributed by atoms with van der Waals surface area (Å²) in [5.41, 5.74) is -0.220. The summed E-state index contributed by atoms with van der Waals surface area (Å²) >= 11 is 0. The first-order valence-electron chi connectivity index (χ1n) is 6.39. The second kappa shape index (κ2) is 8.32. The summed E-state index contributed by atoms with van der Waals surface area (Å²) in [6, 6.07) is 3.71. The predicted octanol–water partition coefficient (Wildman–Crippen LogP) is 1.20. The van der Waals surface area contributed by atoms with E-state index in [9.17, 15) is 22.8 Å². The highest BCUT2D eigenvalue weighted by atomic mass is 19.4. The first kappa shape index (κ1) is 18.7. The number of carboxylic acids is 1. The van der Waals surface area contributed by atoms with E-state index in [1.807, 2.05) is 0 Å². The summed E-state index contributed by atoms with van der Waals surface area (Å²) in [6.07, 6.45) is -4.53. The molecule has 0 aliphatic heterocycles. The van der Waals surface area contributed by atoms with Crippen LogP contribution in [0.3, 0.4) is 0 Å². The number of nitrogens with zero attached hydrogens (tertiary/aromatic N) is 2. The van der Waals surface area contributed by atoms with Gasteiger partial charge in [-0.2, -0.15) is 13.2 Å². The number of aliphatic carboxylic acids is 1. The van der Waals surface area contributed by atoms with Gasteiger partial charge >= 0.3 is 12.1 Å². The molecule has 10 heteroatoms. The van der Waals surface area contributed by atoms with Crippen molar-refractivity contribution in [1.82, 2.24) is 9.88 Å². The first-order chi connectivity index (χ1) is 10.7. The number of hydrogen-bond acceptors (Lipinski definition) is 5. The number of methoxy groups -OCH3 is 1. The fourth-order valence-electron chi connectivity index (χ4n) is 1.55. The lowest BCUT2D eigenvalue weighted by atomic mass is 10.3. The van der Waals surface area contributed by atoms with Crippen molar-refractivity contribution in [3.05, 3.63) is 23.9 Å². The van der Waals surface area contributed by atoms with Gasteiger partial charge in [-0.1, -0.05) is 6.07 Å². The van der Waals surface area contributed by atoms with E-state index >= 15 is 0 Å². The number of hydrogen-bond donors (Lipinski definition) is 1. The van der Waals surface area contributed by atoms with Crippen LogP contribution in [0.5, 0.6) is 5.88 Å². The molecule has 0 fully saturated rings. The van der Waals surface area contributed by atoms with E-state index in [1.165, 1.54) is 25.3 Å². The molecular formula is C13H15F3N2O5. The van der Waals surface area contributed by atoms with Crippen LogP contribution in [0.2, 0.25) is 0 Å². The molecule has 0 saturated carbocycles. The number of carbonyl (C=O) groups is 2. The van der Waals surface area contributed by atoms with Crippen molar-refractivity contribution in [3.63, 3.8) is 0 Å². The zero-order chi connectivity index (χ0) is 17.5. The van der Waals surface area contributed by atoms with Gasteiger partial charge in [0, 0.05) is 19.7 Å². The van der Waals surface area contributed by atoms with E-state index in [1.54, 1.807) is 0 Å². The van der Waals surface area contributed by atoms with Crippen LogP contribution in [-0.4, -0.2) is 66.5 Å². The van der Waals surface area contributed by atoms with Crippen molar-refractivity contribution in [1.29, 1.82) is 0 Å². The third-order valence-electron chi connectivity index (χ3n) is 2.51. The first-order valence-corrected chi connectivity index (χ1v) is 6.39. The van der Waals surface area contributed by atoms with E-state index in [2.05, 4.69) is 9.72 Å². The average molecular weight is 336 g/mol. The molecule has 0 radical (unpaired) electrons. The van der Waals surface area contributed by atoms with Crippen molar-refractivity contribution in [2.45, 2.75) is 6.18 Å². The minimum atomic E-state index is -4.53. The zero-order valence-corrected chi connectivity index (χ0v) is 12.2. The number of pyridine rings is 1. The predicted molar refractivity (Wildman–Crippen MR) is 71.2 cm³/mol. The van der Waals surface area contributed by atoms with Crippen LogP contribution in [0.4, 0.5) is 13.2 Å². The van der Waals surface area contributed by atoms with Crippen LogP contribution >= 0.6 is 0 Å². The quantitative estimate of drug-likeness (QED) is 0.767. The lowest BCUT2D eigenvalue weighted by Crippen LogP contribution is -2.38. The van der Waals surface area contributed by atoms with E-state index in [0.29, 0.717) is 0 Å². The summed E-state index contributed by atoms with van der Waals surface area (Å²) < 4.78 is 45.6. The Labute approximate surface area is 129 Å². The Balaban J connectivity index is 2.85. The Morgan fingerprint density at radius 1 is 1.35 bits per heavy atom. The molecule has 1 aromatic rings. The van der Waals surface area contributed by atoms with Crippen molar-refractivity contribution in [3.8, 4) is 5.88 Å². The molecule has 0 aliphatic rings. The Bertz CT molecular complexity index is 551. The van der Waals surface area contributed by atoms with Gasteiger partial charge in [0.2, 0.25) is 5.88 Å². The summed E-state index contributed by atoms with van der Waals surface area (Å²) in [5, 5.41) is 8.80. The maximum atomic E-state index is 12.2. The standard InChI is InChI=1S/C13H15F3N2O5/c1-22-6-5-18(7-11(19)20)12(21)9-3-2-4-10(17-9)23-8-13(14,15)16/h2-4H,5-8H2,1H3,(H,19,20). The Hall–Kier alpha value is -2.36. The van der Waals surface area contributed by atoms with Crippen LogP contribution in [0, 0.1) is 0 Å². The molecule has 0 spiro atoms. The topological polar surface area (TPSA) is 89.0 Å². The smallest absolute Gasteiger partial charge is 0.422 e. The minimum Gasteiger partial charge on any atom is -0.480 e. The van der Waals surface area contributed by atoms with Crippen molar-refractivity contribution < 1.29 is 37.3 Å². The second-order valence-electron chi connectivity index (χ2n) is 4.38. The van der Waals surface area contributed by atoms with Gasteiger partial charge in [-0.3, -0.25) is 9.59 Å². The number of amides is 1. The maximum Gasteiger partial charge on any atom is 0.422 e. The zero-order valence-electron chi connectivity index (χ0n) is 12.2. The molecule has 0 saturated heterocycles. The number of carbonyl (C=O) groups excluding carboxylic acids is 1. The van der Waals surface area contributed by atoms with E-state index < -0.39 is 31.2 Å². The van der Waals surface area contributed by atoms with Crippen LogP contribution < -0.4 is 4.74 Å². The van der Waals surface area contributed by atoms with Crippen molar-refractivity contribution in [2.75, 3.05) is 33.4 Å². The fraction of sp³-hybridized carbons (Fsp3) is 0.462. The Morgan fingerprint density at radius 3 is 2.61 bits per heavy atom. The molecule has 1 amide bonds. The molecular weight excluding hydrogens is 321 g/mol. The number of ether oxygens (including phenoxy) is 2. The second-order valence-corrected chi connectivity index (χ2v) is 4.38. The van der Waals surface area contributed by atoms with Gasteiger partial charge in [0.1, 0.15) is 12.2 Å². The summed E-state index contributed by atoms with van der Waals surface area (Å²) in [4.78, 5) is 27.6. The highest BCUT2D eigenvalue weighted by Crippen LogP contribution is 2.17. The third kappa shape index (κ3) is 6.96. The number of aromatic nitrogens is 1. The molecule has 0 unspecified atom stereocenters. The SMILES string of the molecule is COCCN(CC(=O)O)C(=O)c1cccc(OCC(F)(F)F)n1. The lowest BCUT2D eigenvalue weighted by molar-refractivity contribution is -0.154.